The molecule has 0 radical (unpaired) electrons. The Hall–Kier alpha value is -1.40. The minimum atomic E-state index is -3.33. The Morgan fingerprint density at radius 3 is 2.55 bits per heavy atom. The van der Waals surface area contributed by atoms with Crippen molar-refractivity contribution in [1.82, 2.24) is 4.90 Å². The van der Waals surface area contributed by atoms with Gasteiger partial charge >= 0.3 is 0 Å². The highest BCUT2D eigenvalue weighted by molar-refractivity contribution is 7.91. The number of nitrogens with zero attached hydrogens (tertiary/aromatic N) is 1. The number of rotatable bonds is 8. The normalized spacial score (nSPS) is 11.8. The lowest BCUT2D eigenvalue weighted by molar-refractivity contribution is 0.305. The summed E-state index contributed by atoms with van der Waals surface area (Å²) in [6, 6.07) is 6.27. The van der Waals surface area contributed by atoms with Crippen molar-refractivity contribution in [2.45, 2.75) is 25.2 Å². The van der Waals surface area contributed by atoms with Gasteiger partial charge in [0.1, 0.15) is 5.84 Å². The van der Waals surface area contributed by atoms with Crippen LogP contribution in [0.25, 0.3) is 0 Å². The topological polar surface area (TPSA) is 87.2 Å². The quantitative estimate of drug-likeness (QED) is 0.562. The van der Waals surface area contributed by atoms with Crippen molar-refractivity contribution in [3.63, 3.8) is 0 Å². The van der Waals surface area contributed by atoms with Crippen LogP contribution in [0.4, 0.5) is 0 Å². The second kappa shape index (κ2) is 7.40. The van der Waals surface area contributed by atoms with Crippen LogP contribution in [0, 0.1) is 5.41 Å². The molecule has 1 aromatic rings. The van der Waals surface area contributed by atoms with Crippen molar-refractivity contribution in [1.29, 1.82) is 5.41 Å². The molecular formula is C14H23N3O2S. The summed E-state index contributed by atoms with van der Waals surface area (Å²) in [7, 11) is -3.33. The van der Waals surface area contributed by atoms with Gasteiger partial charge in [-0.2, -0.15) is 0 Å². The van der Waals surface area contributed by atoms with E-state index in [0.29, 0.717) is 12.1 Å². The molecule has 112 valence electrons. The number of amidine groups is 1. The number of hydrogen-bond acceptors (Lipinski definition) is 4. The van der Waals surface area contributed by atoms with E-state index >= 15 is 0 Å². The molecule has 0 bridgehead atoms. The van der Waals surface area contributed by atoms with Crippen LogP contribution in [0.2, 0.25) is 0 Å². The fourth-order valence-corrected chi connectivity index (χ4v) is 3.30. The highest BCUT2D eigenvalue weighted by atomic mass is 32.2. The molecule has 0 aromatic heterocycles. The van der Waals surface area contributed by atoms with Gasteiger partial charge in [0, 0.05) is 12.1 Å². The molecule has 20 heavy (non-hydrogen) atoms. The molecule has 0 fully saturated rings. The summed E-state index contributed by atoms with van der Waals surface area (Å²) in [6.07, 6.45) is 1.01. The van der Waals surface area contributed by atoms with Crippen LogP contribution in [0.3, 0.4) is 0 Å². The van der Waals surface area contributed by atoms with Gasteiger partial charge in [0.05, 0.1) is 10.6 Å². The van der Waals surface area contributed by atoms with Crippen molar-refractivity contribution in [2.24, 2.45) is 5.73 Å². The van der Waals surface area contributed by atoms with Crippen molar-refractivity contribution in [3.05, 3.63) is 29.8 Å². The Balaban J connectivity index is 2.83. The molecule has 0 saturated carbocycles. The lowest BCUT2D eigenvalue weighted by Crippen LogP contribution is -2.30. The van der Waals surface area contributed by atoms with Crippen LogP contribution in [-0.4, -0.2) is 44.5 Å². The molecule has 0 aliphatic heterocycles. The zero-order valence-electron chi connectivity index (χ0n) is 12.1. The summed E-state index contributed by atoms with van der Waals surface area (Å²) in [5, 5.41) is 7.37. The van der Waals surface area contributed by atoms with Crippen molar-refractivity contribution in [2.75, 3.05) is 25.4 Å². The molecule has 0 saturated heterocycles. The summed E-state index contributed by atoms with van der Waals surface area (Å²) >= 11 is 0. The molecule has 5 nitrogen and oxygen atoms in total. The molecule has 0 aliphatic rings. The summed E-state index contributed by atoms with van der Waals surface area (Å²) < 4.78 is 24.6. The maximum absolute atomic E-state index is 12.3. The third kappa shape index (κ3) is 4.61. The average Bonchev–Trinajstić information content (AvgIpc) is 2.43. The number of hydrogen-bond donors (Lipinski definition) is 2. The standard InChI is InChI=1S/C14H23N3O2S/c1-3-8-17(4-2)9-10-20(18,19)13-7-5-6-12(11-13)14(15)16/h5-7,11H,3-4,8-10H2,1-2H3,(H3,15,16). The second-order valence-corrected chi connectivity index (χ2v) is 6.80. The van der Waals surface area contributed by atoms with Gasteiger partial charge in [-0.15, -0.1) is 0 Å². The van der Waals surface area contributed by atoms with E-state index < -0.39 is 9.84 Å². The molecule has 0 spiro atoms. The Morgan fingerprint density at radius 1 is 1.30 bits per heavy atom. The Morgan fingerprint density at radius 2 is 2.00 bits per heavy atom. The highest BCUT2D eigenvalue weighted by Crippen LogP contribution is 2.13. The molecule has 0 aliphatic carbocycles. The fraction of sp³-hybridized carbons (Fsp3) is 0.500. The van der Waals surface area contributed by atoms with Crippen molar-refractivity contribution < 1.29 is 8.42 Å². The van der Waals surface area contributed by atoms with E-state index in [4.69, 9.17) is 11.1 Å². The van der Waals surface area contributed by atoms with E-state index in [0.717, 1.165) is 19.5 Å². The zero-order chi connectivity index (χ0) is 15.2. The van der Waals surface area contributed by atoms with Crippen LogP contribution in [-0.2, 0) is 9.84 Å². The van der Waals surface area contributed by atoms with Gasteiger partial charge in [-0.25, -0.2) is 8.42 Å². The van der Waals surface area contributed by atoms with Gasteiger partial charge in [0.25, 0.3) is 0 Å². The zero-order valence-corrected chi connectivity index (χ0v) is 12.9. The van der Waals surface area contributed by atoms with Crippen molar-refractivity contribution in [3.8, 4) is 0 Å². The van der Waals surface area contributed by atoms with E-state index in [1.807, 2.05) is 6.92 Å². The van der Waals surface area contributed by atoms with Crippen LogP contribution in [0.1, 0.15) is 25.8 Å². The Kier molecular flexibility index (Phi) is 6.16. The summed E-state index contributed by atoms with van der Waals surface area (Å²) in [6.45, 7) is 6.37. The molecule has 1 rings (SSSR count). The van der Waals surface area contributed by atoms with E-state index in [9.17, 15) is 8.42 Å². The Labute approximate surface area is 121 Å². The first-order valence-corrected chi connectivity index (χ1v) is 8.45. The smallest absolute Gasteiger partial charge is 0.179 e. The average molecular weight is 297 g/mol. The molecule has 1 aromatic carbocycles. The lowest BCUT2D eigenvalue weighted by Gasteiger charge is -2.19. The number of benzene rings is 1. The predicted octanol–water partition coefficient (Wildman–Crippen LogP) is 1.48. The monoisotopic (exact) mass is 297 g/mol. The van der Waals surface area contributed by atoms with E-state index in [2.05, 4.69) is 11.8 Å². The Bertz CT molecular complexity index is 555. The maximum Gasteiger partial charge on any atom is 0.179 e. The van der Waals surface area contributed by atoms with Crippen LogP contribution >= 0.6 is 0 Å². The van der Waals surface area contributed by atoms with E-state index in [1.54, 1.807) is 18.2 Å². The molecule has 0 amide bonds. The van der Waals surface area contributed by atoms with Gasteiger partial charge < -0.3 is 10.6 Å². The summed E-state index contributed by atoms with van der Waals surface area (Å²) in [4.78, 5) is 2.35. The van der Waals surface area contributed by atoms with Crippen LogP contribution in [0.15, 0.2) is 29.2 Å². The van der Waals surface area contributed by atoms with Crippen LogP contribution < -0.4 is 5.73 Å². The minimum absolute atomic E-state index is 0.0855. The fourth-order valence-electron chi connectivity index (χ4n) is 1.97. The van der Waals surface area contributed by atoms with E-state index in [1.165, 1.54) is 6.07 Å². The second-order valence-electron chi connectivity index (χ2n) is 4.69. The van der Waals surface area contributed by atoms with Gasteiger partial charge in [-0.3, -0.25) is 5.41 Å². The first kappa shape index (κ1) is 16.7. The third-order valence-corrected chi connectivity index (χ3v) is 4.86. The van der Waals surface area contributed by atoms with Gasteiger partial charge in [-0.05, 0) is 31.6 Å². The minimum Gasteiger partial charge on any atom is -0.384 e. The summed E-state index contributed by atoms with van der Waals surface area (Å²) in [5.41, 5.74) is 5.83. The summed E-state index contributed by atoms with van der Waals surface area (Å²) in [5.74, 6) is -0.0365. The van der Waals surface area contributed by atoms with E-state index in [-0.39, 0.29) is 16.5 Å². The number of nitrogen functional groups attached to an aromatic ring is 1. The molecular weight excluding hydrogens is 274 g/mol. The molecule has 0 atom stereocenters. The van der Waals surface area contributed by atoms with Crippen LogP contribution in [0.5, 0.6) is 0 Å². The van der Waals surface area contributed by atoms with Gasteiger partial charge in [-0.1, -0.05) is 26.0 Å². The maximum atomic E-state index is 12.3. The third-order valence-electron chi connectivity index (χ3n) is 3.17. The van der Waals surface area contributed by atoms with Gasteiger partial charge in [0.2, 0.25) is 0 Å². The van der Waals surface area contributed by atoms with Gasteiger partial charge in [0.15, 0.2) is 9.84 Å². The molecule has 6 heteroatoms. The highest BCUT2D eigenvalue weighted by Gasteiger charge is 2.16. The lowest BCUT2D eigenvalue weighted by atomic mass is 10.2. The number of nitrogens with two attached hydrogens (primary N) is 1. The SMILES string of the molecule is CCCN(CC)CCS(=O)(=O)c1cccc(C(=N)N)c1. The first-order chi connectivity index (χ1) is 9.40. The predicted molar refractivity (Wildman–Crippen MR) is 81.9 cm³/mol. The molecule has 0 heterocycles. The first-order valence-electron chi connectivity index (χ1n) is 6.80. The molecule has 0 unspecified atom stereocenters. The number of nitrogens with one attached hydrogen (secondary N) is 1. The number of sulfone groups is 1. The van der Waals surface area contributed by atoms with Crippen molar-refractivity contribution >= 4 is 15.7 Å². The largest absolute Gasteiger partial charge is 0.384 e. The molecule has 3 N–H and O–H groups in total.